The number of nitrogens with zero attached hydrogens (tertiary/aromatic N) is 2. The molecule has 17 heavy (non-hydrogen) atoms. The van der Waals surface area contributed by atoms with Gasteiger partial charge in [-0.2, -0.15) is 0 Å². The fourth-order valence-corrected chi connectivity index (χ4v) is 1.95. The van der Waals surface area contributed by atoms with Gasteiger partial charge in [0, 0.05) is 0 Å². The van der Waals surface area contributed by atoms with Gasteiger partial charge in [0.1, 0.15) is 11.3 Å². The molecular weight excluding hydrogens is 212 g/mol. The molecule has 0 amide bonds. The van der Waals surface area contributed by atoms with E-state index in [1.165, 1.54) is 5.56 Å². The second kappa shape index (κ2) is 3.70. The van der Waals surface area contributed by atoms with E-state index in [1.54, 1.807) is 12.1 Å². The summed E-state index contributed by atoms with van der Waals surface area (Å²) in [5, 5.41) is 9.73. The van der Waals surface area contributed by atoms with Gasteiger partial charge in [-0.15, -0.1) is 0 Å². The lowest BCUT2D eigenvalue weighted by molar-refractivity contribution is 0.480. The van der Waals surface area contributed by atoms with E-state index in [2.05, 4.69) is 16.9 Å². The van der Waals surface area contributed by atoms with E-state index in [1.807, 2.05) is 24.3 Å². The van der Waals surface area contributed by atoms with E-state index in [4.69, 9.17) is 0 Å². The summed E-state index contributed by atoms with van der Waals surface area (Å²) >= 11 is 0. The molecule has 84 valence electrons. The lowest BCUT2D eigenvalue weighted by atomic mass is 10.1. The van der Waals surface area contributed by atoms with Crippen molar-refractivity contribution >= 4 is 22.1 Å². The fourth-order valence-electron chi connectivity index (χ4n) is 1.95. The molecule has 0 aliphatic carbocycles. The summed E-state index contributed by atoms with van der Waals surface area (Å²) in [6.07, 6.45) is 0.982. The van der Waals surface area contributed by atoms with Crippen LogP contribution in [0.3, 0.4) is 0 Å². The van der Waals surface area contributed by atoms with Gasteiger partial charge >= 0.3 is 0 Å². The Kier molecular flexibility index (Phi) is 2.18. The molecule has 0 saturated carbocycles. The highest BCUT2D eigenvalue weighted by Crippen LogP contribution is 2.23. The lowest BCUT2D eigenvalue weighted by Gasteiger charge is -2.03. The quantitative estimate of drug-likeness (QED) is 0.646. The van der Waals surface area contributed by atoms with Crippen molar-refractivity contribution in [1.29, 1.82) is 0 Å². The zero-order valence-electron chi connectivity index (χ0n) is 9.51. The first kappa shape index (κ1) is 10.0. The van der Waals surface area contributed by atoms with E-state index in [9.17, 15) is 5.11 Å². The Hall–Kier alpha value is -2.16. The van der Waals surface area contributed by atoms with E-state index >= 15 is 0 Å². The number of benzene rings is 2. The molecule has 1 N–H and O–H groups in total. The molecule has 0 bridgehead atoms. The van der Waals surface area contributed by atoms with Crippen molar-refractivity contribution in [3.05, 3.63) is 42.0 Å². The van der Waals surface area contributed by atoms with Crippen LogP contribution in [-0.4, -0.2) is 15.1 Å². The molecule has 1 aromatic heterocycles. The SMILES string of the molecule is CCc1ccc2nc3c(O)cccc3nc2c1. The minimum Gasteiger partial charge on any atom is -0.506 e. The van der Waals surface area contributed by atoms with Gasteiger partial charge in [-0.25, -0.2) is 9.97 Å². The number of fused-ring (bicyclic) bond motifs is 2. The molecule has 2 aromatic carbocycles. The normalized spacial score (nSPS) is 11.1. The van der Waals surface area contributed by atoms with E-state index < -0.39 is 0 Å². The van der Waals surface area contributed by atoms with Crippen LogP contribution in [-0.2, 0) is 6.42 Å². The van der Waals surface area contributed by atoms with Gasteiger partial charge in [0.05, 0.1) is 16.6 Å². The van der Waals surface area contributed by atoms with Crippen LogP contribution < -0.4 is 0 Å². The monoisotopic (exact) mass is 224 g/mol. The average Bonchev–Trinajstić information content (AvgIpc) is 2.36. The summed E-state index contributed by atoms with van der Waals surface area (Å²) in [5.41, 5.74) is 4.22. The number of rotatable bonds is 1. The molecule has 0 radical (unpaired) electrons. The van der Waals surface area contributed by atoms with Crippen LogP contribution in [0.1, 0.15) is 12.5 Å². The van der Waals surface area contributed by atoms with Crippen molar-refractivity contribution in [2.45, 2.75) is 13.3 Å². The Morgan fingerprint density at radius 2 is 1.88 bits per heavy atom. The molecular formula is C14H12N2O. The van der Waals surface area contributed by atoms with Gasteiger partial charge in [0.2, 0.25) is 0 Å². The molecule has 0 unspecified atom stereocenters. The Labute approximate surface area is 98.8 Å². The highest BCUT2D eigenvalue weighted by molar-refractivity contribution is 5.89. The van der Waals surface area contributed by atoms with Gasteiger partial charge in [-0.05, 0) is 36.2 Å². The van der Waals surface area contributed by atoms with Crippen LogP contribution >= 0.6 is 0 Å². The van der Waals surface area contributed by atoms with Crippen LogP contribution in [0.4, 0.5) is 0 Å². The van der Waals surface area contributed by atoms with Gasteiger partial charge in [-0.3, -0.25) is 0 Å². The average molecular weight is 224 g/mol. The smallest absolute Gasteiger partial charge is 0.143 e. The van der Waals surface area contributed by atoms with Crippen molar-refractivity contribution in [3.63, 3.8) is 0 Å². The van der Waals surface area contributed by atoms with Gasteiger partial charge in [0.25, 0.3) is 0 Å². The lowest BCUT2D eigenvalue weighted by Crippen LogP contribution is -1.89. The first-order valence-electron chi connectivity index (χ1n) is 5.66. The zero-order valence-corrected chi connectivity index (χ0v) is 9.51. The van der Waals surface area contributed by atoms with Crippen molar-refractivity contribution < 1.29 is 5.11 Å². The van der Waals surface area contributed by atoms with Gasteiger partial charge in [0.15, 0.2) is 0 Å². The Morgan fingerprint density at radius 1 is 1.00 bits per heavy atom. The molecule has 1 heterocycles. The fraction of sp³-hybridized carbons (Fsp3) is 0.143. The Balaban J connectivity index is 2.39. The number of hydrogen-bond donors (Lipinski definition) is 1. The maximum atomic E-state index is 9.73. The van der Waals surface area contributed by atoms with E-state index in [-0.39, 0.29) is 5.75 Å². The predicted molar refractivity (Wildman–Crippen MR) is 68.1 cm³/mol. The number of aromatic hydroxyl groups is 1. The third-order valence-corrected chi connectivity index (χ3v) is 2.91. The molecule has 3 aromatic rings. The molecule has 0 fully saturated rings. The zero-order chi connectivity index (χ0) is 11.8. The number of phenols is 1. The van der Waals surface area contributed by atoms with Crippen LogP contribution in [0, 0.1) is 0 Å². The maximum absolute atomic E-state index is 9.73. The second-order valence-electron chi connectivity index (χ2n) is 4.05. The molecule has 0 aliphatic rings. The van der Waals surface area contributed by atoms with Gasteiger partial charge < -0.3 is 5.11 Å². The second-order valence-corrected chi connectivity index (χ2v) is 4.05. The van der Waals surface area contributed by atoms with Crippen LogP contribution in [0.2, 0.25) is 0 Å². The topological polar surface area (TPSA) is 46.0 Å². The van der Waals surface area contributed by atoms with Crippen LogP contribution in [0.5, 0.6) is 5.75 Å². The molecule has 0 spiro atoms. The summed E-state index contributed by atoms with van der Waals surface area (Å²) in [6.45, 7) is 2.11. The number of aromatic nitrogens is 2. The van der Waals surface area contributed by atoms with E-state index in [0.29, 0.717) is 5.52 Å². The standard InChI is InChI=1S/C14H12N2O/c1-2-9-6-7-10-12(8-9)15-11-4-3-5-13(17)14(11)16-10/h3-8,17H,2H2,1H3. The molecule has 0 aliphatic heterocycles. The highest BCUT2D eigenvalue weighted by Gasteiger charge is 2.05. The number of aryl methyl sites for hydroxylation is 1. The third-order valence-electron chi connectivity index (χ3n) is 2.91. The molecule has 3 nitrogen and oxygen atoms in total. The minimum atomic E-state index is 0.177. The summed E-state index contributed by atoms with van der Waals surface area (Å²) in [4.78, 5) is 8.96. The first-order chi connectivity index (χ1) is 8.28. The summed E-state index contributed by atoms with van der Waals surface area (Å²) < 4.78 is 0. The Bertz CT molecular complexity index is 707. The highest BCUT2D eigenvalue weighted by atomic mass is 16.3. The Morgan fingerprint density at radius 3 is 2.71 bits per heavy atom. The largest absolute Gasteiger partial charge is 0.506 e. The summed E-state index contributed by atoms with van der Waals surface area (Å²) in [6, 6.07) is 11.3. The van der Waals surface area contributed by atoms with Crippen LogP contribution in [0.15, 0.2) is 36.4 Å². The summed E-state index contributed by atoms with van der Waals surface area (Å²) in [7, 11) is 0. The van der Waals surface area contributed by atoms with Crippen molar-refractivity contribution in [3.8, 4) is 5.75 Å². The van der Waals surface area contributed by atoms with Crippen molar-refractivity contribution in [2.24, 2.45) is 0 Å². The number of para-hydroxylation sites is 1. The van der Waals surface area contributed by atoms with Crippen molar-refractivity contribution in [1.82, 2.24) is 9.97 Å². The van der Waals surface area contributed by atoms with E-state index in [0.717, 1.165) is 23.0 Å². The summed E-state index contributed by atoms with van der Waals surface area (Å²) in [5.74, 6) is 0.177. The molecule has 3 rings (SSSR count). The van der Waals surface area contributed by atoms with Crippen molar-refractivity contribution in [2.75, 3.05) is 0 Å². The molecule has 0 saturated heterocycles. The third kappa shape index (κ3) is 1.60. The molecule has 0 atom stereocenters. The molecule has 3 heteroatoms. The van der Waals surface area contributed by atoms with Gasteiger partial charge in [-0.1, -0.05) is 19.1 Å². The first-order valence-corrected chi connectivity index (χ1v) is 5.66. The maximum Gasteiger partial charge on any atom is 0.143 e. The number of phenolic OH excluding ortho intramolecular Hbond substituents is 1. The number of hydrogen-bond acceptors (Lipinski definition) is 3. The predicted octanol–water partition coefficient (Wildman–Crippen LogP) is 3.05. The minimum absolute atomic E-state index is 0.177. The van der Waals surface area contributed by atoms with Crippen LogP contribution in [0.25, 0.3) is 22.1 Å².